The highest BCUT2D eigenvalue weighted by atomic mass is 32.2. The third-order valence-corrected chi connectivity index (χ3v) is 9.91. The fourth-order valence-electron chi connectivity index (χ4n) is 4.06. The van der Waals surface area contributed by atoms with E-state index < -0.39 is 49.6 Å². The zero-order valence-electron chi connectivity index (χ0n) is 24.0. The molecule has 0 atom stereocenters. The van der Waals surface area contributed by atoms with Gasteiger partial charge >= 0.3 is 23.6 Å². The minimum absolute atomic E-state index is 0.0285. The van der Waals surface area contributed by atoms with E-state index in [1.54, 1.807) is 0 Å². The van der Waals surface area contributed by atoms with Crippen LogP contribution >= 0.6 is 0 Å². The zero-order chi connectivity index (χ0) is 32.3. The molecule has 252 valence electrons. The van der Waals surface area contributed by atoms with Gasteiger partial charge in [-0.15, -0.1) is 0 Å². The highest BCUT2D eigenvalue weighted by Gasteiger charge is 2.26. The molecule has 0 fully saturated rings. The van der Waals surface area contributed by atoms with Crippen LogP contribution < -0.4 is 0 Å². The molecule has 0 aromatic rings. The van der Waals surface area contributed by atoms with Crippen molar-refractivity contribution in [2.24, 2.45) is 0 Å². The van der Waals surface area contributed by atoms with Gasteiger partial charge < -0.3 is 47.9 Å². The van der Waals surface area contributed by atoms with E-state index in [1.807, 2.05) is 4.90 Å². The Morgan fingerprint density at radius 1 is 0.619 bits per heavy atom. The summed E-state index contributed by atoms with van der Waals surface area (Å²) in [5.74, 6) is -1.30. The molecular formula is C22H49N2O14S2Si2-. The molecule has 0 aliphatic heterocycles. The second kappa shape index (κ2) is 21.2. The van der Waals surface area contributed by atoms with Gasteiger partial charge in [0.1, 0.15) is 0 Å². The normalized spacial score (nSPS) is 13.3. The number of hydrogen-bond acceptors (Lipinski definition) is 15. The average Bonchev–Trinajstić information content (AvgIpc) is 2.81. The topological polar surface area (TPSA) is 266 Å². The minimum Gasteiger partial charge on any atom is -0.748 e. The van der Waals surface area contributed by atoms with Crippen LogP contribution in [-0.2, 0) is 29.8 Å². The summed E-state index contributed by atoms with van der Waals surface area (Å²) in [5.41, 5.74) is 0. The summed E-state index contributed by atoms with van der Waals surface area (Å²) in [6, 6.07) is -0.351. The first-order valence-corrected chi connectivity index (χ1v) is 21.4. The first kappa shape index (κ1) is 41.4. The van der Waals surface area contributed by atoms with E-state index in [2.05, 4.69) is 4.90 Å². The van der Waals surface area contributed by atoms with Gasteiger partial charge in [-0.25, -0.2) is 8.42 Å². The summed E-state index contributed by atoms with van der Waals surface area (Å²) in [5, 5.41) is 0. The maximum absolute atomic E-state index is 12.2. The molecule has 42 heavy (non-hydrogen) atoms. The molecule has 0 saturated heterocycles. The second-order valence-corrected chi connectivity index (χ2v) is 17.6. The summed E-state index contributed by atoms with van der Waals surface area (Å²) < 4.78 is 68.4. The van der Waals surface area contributed by atoms with E-state index >= 15 is 0 Å². The van der Waals surface area contributed by atoms with Crippen LogP contribution in [0.5, 0.6) is 0 Å². The number of nitrogens with zero attached hydrogens (tertiary/aromatic N) is 2. The van der Waals surface area contributed by atoms with E-state index in [4.69, 9.17) is 23.7 Å². The standard InChI is InChI=1S/C22H50N2O14S2Si2/c25-22(38-17-9-21-42(35,36)37)10-14-24(12-4-2-7-19-40(29,30)31)16-15-23(13-5-8-20-41(32,33)34)11-3-1-6-18-39(26,27)28/h32-37H,1-21H2,(H,26,27,28)(H,29,30,31)/p-1. The number of carbonyl (C=O) groups is 1. The van der Waals surface area contributed by atoms with Gasteiger partial charge in [0.05, 0.1) is 28.9 Å². The van der Waals surface area contributed by atoms with Crippen LogP contribution in [0.15, 0.2) is 0 Å². The summed E-state index contributed by atoms with van der Waals surface area (Å²) in [6.45, 7) is 2.94. The summed E-state index contributed by atoms with van der Waals surface area (Å²) >= 11 is 0. The van der Waals surface area contributed by atoms with Gasteiger partial charge in [0.2, 0.25) is 0 Å². The maximum Gasteiger partial charge on any atom is 0.492 e. The Morgan fingerprint density at radius 3 is 1.55 bits per heavy atom. The van der Waals surface area contributed by atoms with E-state index in [1.165, 1.54) is 0 Å². The quantitative estimate of drug-likeness (QED) is 0.0220. The first-order chi connectivity index (χ1) is 19.3. The van der Waals surface area contributed by atoms with Gasteiger partial charge in [-0.1, -0.05) is 12.8 Å². The van der Waals surface area contributed by atoms with Crippen molar-refractivity contribution in [3.63, 3.8) is 0 Å². The largest absolute Gasteiger partial charge is 0.748 e. The Kier molecular flexibility index (Phi) is 20.9. The Morgan fingerprint density at radius 2 is 1.07 bits per heavy atom. The lowest BCUT2D eigenvalue weighted by Gasteiger charge is -2.28. The lowest BCUT2D eigenvalue weighted by Crippen LogP contribution is -2.38. The molecule has 0 spiro atoms. The molecule has 0 unspecified atom stereocenters. The Labute approximate surface area is 251 Å². The third kappa shape index (κ3) is 30.8. The van der Waals surface area contributed by atoms with E-state index in [0.717, 1.165) is 0 Å². The molecule has 0 aliphatic rings. The molecule has 7 N–H and O–H groups in total. The highest BCUT2D eigenvalue weighted by molar-refractivity contribution is 7.85. The van der Waals surface area contributed by atoms with Crippen molar-refractivity contribution in [1.29, 1.82) is 0 Å². The van der Waals surface area contributed by atoms with Crippen molar-refractivity contribution in [2.45, 2.75) is 76.3 Å². The third-order valence-electron chi connectivity index (χ3n) is 6.27. The molecule has 0 heterocycles. The number of ether oxygens (including phenoxy) is 1. The van der Waals surface area contributed by atoms with E-state index in [-0.39, 0.29) is 43.7 Å². The fourth-order valence-corrected chi connectivity index (χ4v) is 6.53. The number of esters is 1. The first-order valence-electron chi connectivity index (χ1n) is 14.1. The van der Waals surface area contributed by atoms with Crippen LogP contribution in [0, 0.1) is 0 Å². The fraction of sp³-hybridized carbons (Fsp3) is 0.955. The van der Waals surface area contributed by atoms with Crippen LogP contribution in [-0.4, -0.2) is 145 Å². The minimum atomic E-state index is -4.30. The van der Waals surface area contributed by atoms with Crippen molar-refractivity contribution in [1.82, 2.24) is 9.80 Å². The van der Waals surface area contributed by atoms with Crippen LogP contribution in [0.3, 0.4) is 0 Å². The van der Waals surface area contributed by atoms with Crippen LogP contribution in [0.4, 0.5) is 0 Å². The maximum atomic E-state index is 12.2. The predicted octanol–water partition coefficient (Wildman–Crippen LogP) is -1.70. The van der Waals surface area contributed by atoms with E-state index in [9.17, 15) is 40.6 Å². The Hall–Kier alpha value is -0.596. The second-order valence-electron chi connectivity index (χ2n) is 10.4. The molecule has 0 aromatic carbocycles. The SMILES string of the molecule is O=C(CCN(CCCCCS(=O)(=O)[O-])CCN(CCCCCS(=O)(=O)O)CCCC[Si](O)(O)O)OCCC[Si](O)(O)O. The lowest BCUT2D eigenvalue weighted by atomic mass is 10.2. The number of rotatable bonds is 27. The molecule has 20 heteroatoms. The molecule has 0 amide bonds. The van der Waals surface area contributed by atoms with Gasteiger partial charge in [-0.2, -0.15) is 8.42 Å². The van der Waals surface area contributed by atoms with Crippen molar-refractivity contribution in [2.75, 3.05) is 57.4 Å². The monoisotopic (exact) mass is 685 g/mol. The van der Waals surface area contributed by atoms with Crippen LogP contribution in [0.2, 0.25) is 12.1 Å². The lowest BCUT2D eigenvalue weighted by molar-refractivity contribution is -0.144. The van der Waals surface area contributed by atoms with Crippen molar-refractivity contribution >= 4 is 43.8 Å². The average molecular weight is 686 g/mol. The summed E-state index contributed by atoms with van der Waals surface area (Å²) in [6.07, 6.45) is 3.86. The Bertz CT molecular complexity index is 944. The van der Waals surface area contributed by atoms with Crippen LogP contribution in [0.25, 0.3) is 0 Å². The number of carbonyl (C=O) groups excluding carboxylic acids is 1. The predicted molar refractivity (Wildman–Crippen MR) is 155 cm³/mol. The van der Waals surface area contributed by atoms with Gasteiger partial charge in [0.25, 0.3) is 10.1 Å². The van der Waals surface area contributed by atoms with Gasteiger partial charge in [0, 0.05) is 37.5 Å². The van der Waals surface area contributed by atoms with Gasteiger partial charge in [-0.3, -0.25) is 9.35 Å². The number of unbranched alkanes of at least 4 members (excludes halogenated alkanes) is 5. The zero-order valence-corrected chi connectivity index (χ0v) is 27.7. The molecule has 16 nitrogen and oxygen atoms in total. The number of hydrogen-bond donors (Lipinski definition) is 7. The molecule has 0 aliphatic carbocycles. The smallest absolute Gasteiger partial charge is 0.492 e. The molecule has 0 radical (unpaired) electrons. The van der Waals surface area contributed by atoms with Crippen LogP contribution in [0.1, 0.15) is 64.2 Å². The van der Waals surface area contributed by atoms with Crippen molar-refractivity contribution < 1.29 is 64.2 Å². The summed E-state index contributed by atoms with van der Waals surface area (Å²) in [4.78, 5) is 71.0. The molecular weight excluding hydrogens is 637 g/mol. The van der Waals surface area contributed by atoms with E-state index in [0.29, 0.717) is 84.2 Å². The highest BCUT2D eigenvalue weighted by Crippen LogP contribution is 2.09. The van der Waals surface area contributed by atoms with Gasteiger partial charge in [0.15, 0.2) is 0 Å². The summed E-state index contributed by atoms with van der Waals surface area (Å²) in [7, 11) is -16.7. The van der Waals surface area contributed by atoms with Crippen molar-refractivity contribution in [3.8, 4) is 0 Å². The van der Waals surface area contributed by atoms with Gasteiger partial charge in [-0.05, 0) is 64.6 Å². The molecule has 0 saturated carbocycles. The molecule has 0 bridgehead atoms. The molecule has 0 aromatic heterocycles. The molecule has 0 rings (SSSR count). The van der Waals surface area contributed by atoms with Crippen molar-refractivity contribution in [3.05, 3.63) is 0 Å². The Balaban J connectivity index is 4.99.